The van der Waals surface area contributed by atoms with Crippen molar-refractivity contribution in [2.24, 2.45) is 0 Å². The summed E-state index contributed by atoms with van der Waals surface area (Å²) in [7, 11) is 0. The molecule has 0 saturated heterocycles. The number of rotatable bonds is 6. The monoisotopic (exact) mass is 536 g/mol. The van der Waals surface area contributed by atoms with Gasteiger partial charge in [0, 0.05) is 15.6 Å². The van der Waals surface area contributed by atoms with Crippen LogP contribution in [0.15, 0.2) is 71.5 Å². The summed E-state index contributed by atoms with van der Waals surface area (Å²) in [6.07, 6.45) is 3.43. The molecule has 0 aliphatic rings. The molecule has 0 unspecified atom stereocenters. The lowest BCUT2D eigenvalue weighted by atomic mass is 10.0. The molecule has 4 nitrogen and oxygen atoms in total. The Morgan fingerprint density at radius 1 is 1.08 bits per heavy atom. The van der Waals surface area contributed by atoms with Crippen molar-refractivity contribution in [2.75, 3.05) is 0 Å². The van der Waals surface area contributed by atoms with Crippen LogP contribution < -0.4 is 14.8 Å². The van der Waals surface area contributed by atoms with Crippen LogP contribution in [0.1, 0.15) is 34.8 Å². The molecule has 0 N–H and O–H groups in total. The third-order valence-corrected chi connectivity index (χ3v) is 7.12. The first-order valence-electron chi connectivity index (χ1n) is 11.0. The Balaban J connectivity index is 1.99. The number of benzene rings is 3. The first-order chi connectivity index (χ1) is 17.3. The van der Waals surface area contributed by atoms with Gasteiger partial charge in [-0.2, -0.15) is 5.26 Å². The highest BCUT2D eigenvalue weighted by atomic mass is 35.5. The summed E-state index contributed by atoms with van der Waals surface area (Å²) < 4.78 is 15.3. The summed E-state index contributed by atoms with van der Waals surface area (Å²) >= 11 is 13.3. The minimum absolute atomic E-state index is 0.146. The van der Waals surface area contributed by atoms with Crippen LogP contribution in [0.25, 0.3) is 17.3 Å². The second-order valence-electron chi connectivity index (χ2n) is 7.96. The number of aromatic nitrogens is 1. The van der Waals surface area contributed by atoms with E-state index in [-0.39, 0.29) is 14.8 Å². The molecule has 8 heteroatoms. The zero-order valence-electron chi connectivity index (χ0n) is 19.1. The fourth-order valence-corrected chi connectivity index (χ4v) is 5.24. The summed E-state index contributed by atoms with van der Waals surface area (Å²) in [6, 6.07) is 19.2. The van der Waals surface area contributed by atoms with E-state index in [0.29, 0.717) is 26.9 Å². The summed E-state index contributed by atoms with van der Waals surface area (Å²) in [4.78, 5) is 26.9. The maximum absolute atomic E-state index is 13.6. The van der Waals surface area contributed by atoms with Crippen LogP contribution in [0.4, 0.5) is 4.39 Å². The Labute approximate surface area is 220 Å². The lowest BCUT2D eigenvalue weighted by Crippen LogP contribution is -2.31. The number of ketones is 1. The summed E-state index contributed by atoms with van der Waals surface area (Å²) in [5.41, 5.74) is 1.65. The maximum atomic E-state index is 13.6. The van der Waals surface area contributed by atoms with Gasteiger partial charge in [0.25, 0.3) is 5.56 Å². The zero-order valence-corrected chi connectivity index (χ0v) is 21.4. The summed E-state index contributed by atoms with van der Waals surface area (Å²) in [5, 5.41) is 10.8. The van der Waals surface area contributed by atoms with Crippen molar-refractivity contribution in [3.63, 3.8) is 0 Å². The van der Waals surface area contributed by atoms with Crippen LogP contribution >= 0.6 is 34.5 Å². The molecule has 0 bridgehead atoms. The van der Waals surface area contributed by atoms with Crippen LogP contribution in [0.5, 0.6) is 0 Å². The van der Waals surface area contributed by atoms with Crippen molar-refractivity contribution in [1.82, 2.24) is 4.57 Å². The average Bonchev–Trinajstić information content (AvgIpc) is 3.18. The number of Topliss-reactive ketones (excluding diaryl/α,β-unsaturated/α-hetero) is 1. The highest BCUT2D eigenvalue weighted by molar-refractivity contribution is 7.07. The number of nitrogens with zero attached hydrogens (tertiary/aromatic N) is 2. The minimum atomic E-state index is -0.506. The second-order valence-corrected chi connectivity index (χ2v) is 9.84. The van der Waals surface area contributed by atoms with E-state index in [2.05, 4.69) is 6.92 Å². The molecule has 1 aromatic heterocycles. The highest BCUT2D eigenvalue weighted by Gasteiger charge is 2.19. The fraction of sp³-hybridized carbons (Fsp3) is 0.107. The minimum Gasteiger partial charge on any atom is -0.288 e. The normalized spacial score (nSPS) is 12.4. The van der Waals surface area contributed by atoms with Crippen LogP contribution in [0.3, 0.4) is 0 Å². The molecule has 0 atom stereocenters. The van der Waals surface area contributed by atoms with E-state index in [9.17, 15) is 19.2 Å². The molecule has 0 amide bonds. The Hall–Kier alpha value is -3.50. The number of nitriles is 1. The van der Waals surface area contributed by atoms with Gasteiger partial charge in [-0.15, -0.1) is 11.3 Å². The van der Waals surface area contributed by atoms with Gasteiger partial charge in [-0.1, -0.05) is 66.9 Å². The van der Waals surface area contributed by atoms with Crippen molar-refractivity contribution in [3.8, 4) is 11.8 Å². The molecule has 36 heavy (non-hydrogen) atoms. The molecule has 180 valence electrons. The van der Waals surface area contributed by atoms with Gasteiger partial charge < -0.3 is 0 Å². The summed E-state index contributed by atoms with van der Waals surface area (Å²) in [6.45, 7) is 2.07. The van der Waals surface area contributed by atoms with E-state index in [1.54, 1.807) is 36.4 Å². The molecule has 0 saturated carbocycles. The molecule has 0 spiro atoms. The molecule has 4 aromatic rings. The lowest BCUT2D eigenvalue weighted by Gasteiger charge is -2.05. The van der Waals surface area contributed by atoms with Crippen molar-refractivity contribution < 1.29 is 9.18 Å². The molecule has 0 fully saturated rings. The van der Waals surface area contributed by atoms with Crippen LogP contribution in [0.2, 0.25) is 10.0 Å². The predicted molar refractivity (Wildman–Crippen MR) is 143 cm³/mol. The highest BCUT2D eigenvalue weighted by Crippen LogP contribution is 2.21. The lowest BCUT2D eigenvalue weighted by molar-refractivity contribution is 0.105. The molecule has 4 rings (SSSR count). The summed E-state index contributed by atoms with van der Waals surface area (Å²) in [5.74, 6) is -0.982. The van der Waals surface area contributed by atoms with Crippen molar-refractivity contribution >= 4 is 52.0 Å². The number of halogens is 3. The molecular formula is C28H19Cl2FN2O2S. The first kappa shape index (κ1) is 25.6. The first-order valence-corrected chi connectivity index (χ1v) is 12.6. The number of carbonyl (C=O) groups excluding carboxylic acids is 1. The van der Waals surface area contributed by atoms with Gasteiger partial charge in [0.15, 0.2) is 0 Å². The largest absolute Gasteiger partial charge is 0.288 e. The third kappa shape index (κ3) is 5.34. The molecular weight excluding hydrogens is 518 g/mol. The number of hydrogen-bond acceptors (Lipinski definition) is 4. The molecule has 1 heterocycles. The Kier molecular flexibility index (Phi) is 7.85. The van der Waals surface area contributed by atoms with Gasteiger partial charge >= 0.3 is 0 Å². The number of thiazole rings is 1. The number of hydrogen-bond donors (Lipinski definition) is 0. The van der Waals surface area contributed by atoms with E-state index >= 15 is 0 Å². The Morgan fingerprint density at radius 2 is 1.78 bits per heavy atom. The second kappa shape index (κ2) is 11.0. The maximum Gasteiger partial charge on any atom is 0.273 e. The predicted octanol–water partition coefficient (Wildman–Crippen LogP) is 5.68. The quantitative estimate of drug-likeness (QED) is 0.297. The molecule has 0 aliphatic carbocycles. The van der Waals surface area contributed by atoms with Gasteiger partial charge in [-0.25, -0.2) is 4.39 Å². The molecule has 0 aliphatic heterocycles. The van der Waals surface area contributed by atoms with Gasteiger partial charge in [0.05, 0.1) is 10.2 Å². The SMILES string of the molecule is CCCc1ccc(C(=O)/C(C#N)=c2/s/c(=C\c3ccc(Cl)cc3Cl)c(=O)n2-c2ccc(F)cc2)cc1. The van der Waals surface area contributed by atoms with Crippen molar-refractivity contribution in [3.05, 3.63) is 119 Å². The Morgan fingerprint density at radius 3 is 2.39 bits per heavy atom. The van der Waals surface area contributed by atoms with Crippen molar-refractivity contribution in [1.29, 1.82) is 5.26 Å². The van der Waals surface area contributed by atoms with Gasteiger partial charge in [0.1, 0.15) is 22.1 Å². The van der Waals surface area contributed by atoms with Crippen molar-refractivity contribution in [2.45, 2.75) is 19.8 Å². The van der Waals surface area contributed by atoms with E-state index in [0.717, 1.165) is 29.7 Å². The standard InChI is InChI=1S/C28H19Cl2FN2O2S/c1-2-3-17-4-6-18(7-5-17)26(34)23(16-32)28-33(22-12-10-21(31)11-13-22)27(35)25(36-28)14-19-8-9-20(29)15-24(19)30/h4-15H,2-3H2,1H3/b25-14-,28-23+. The van der Waals surface area contributed by atoms with E-state index < -0.39 is 17.2 Å². The van der Waals surface area contributed by atoms with Gasteiger partial charge in [0.2, 0.25) is 5.78 Å². The van der Waals surface area contributed by atoms with Gasteiger partial charge in [-0.3, -0.25) is 14.2 Å². The van der Waals surface area contributed by atoms with Crippen LogP contribution in [-0.4, -0.2) is 10.4 Å². The Bertz CT molecular complexity index is 1670. The van der Waals surface area contributed by atoms with E-state index in [4.69, 9.17) is 23.2 Å². The van der Waals surface area contributed by atoms with E-state index in [1.165, 1.54) is 28.8 Å². The van der Waals surface area contributed by atoms with Crippen LogP contribution in [0, 0.1) is 17.1 Å². The van der Waals surface area contributed by atoms with Gasteiger partial charge in [-0.05, 0) is 60.0 Å². The van der Waals surface area contributed by atoms with E-state index in [1.807, 2.05) is 18.2 Å². The molecule has 3 aromatic carbocycles. The molecule has 0 radical (unpaired) electrons. The van der Waals surface area contributed by atoms with Crippen LogP contribution in [-0.2, 0) is 6.42 Å². The topological polar surface area (TPSA) is 62.9 Å². The zero-order chi connectivity index (χ0) is 25.8. The third-order valence-electron chi connectivity index (χ3n) is 5.47. The smallest absolute Gasteiger partial charge is 0.273 e. The average molecular weight is 537 g/mol. The number of aryl methyl sites for hydroxylation is 1. The fourth-order valence-electron chi connectivity index (χ4n) is 3.69. The number of carbonyl (C=O) groups is 1.